The van der Waals surface area contributed by atoms with Crippen molar-refractivity contribution < 1.29 is 9.59 Å². The Kier molecular flexibility index (Phi) is 3.59. The summed E-state index contributed by atoms with van der Waals surface area (Å²) in [5.41, 5.74) is -0.758. The van der Waals surface area contributed by atoms with Crippen molar-refractivity contribution in [3.8, 4) is 0 Å². The van der Waals surface area contributed by atoms with E-state index in [0.29, 0.717) is 12.6 Å². The molecule has 2 aliphatic rings. The van der Waals surface area contributed by atoms with Gasteiger partial charge in [0.2, 0.25) is 0 Å². The fourth-order valence-electron chi connectivity index (χ4n) is 2.46. The van der Waals surface area contributed by atoms with Crippen LogP contribution in [0.4, 0.5) is 4.79 Å². The summed E-state index contributed by atoms with van der Waals surface area (Å²) in [5.74, 6) is -0.129. The predicted molar refractivity (Wildman–Crippen MR) is 68.2 cm³/mol. The highest BCUT2D eigenvalue weighted by Crippen LogP contribution is 2.16. The van der Waals surface area contributed by atoms with Crippen LogP contribution < -0.4 is 10.6 Å². The maximum Gasteiger partial charge on any atom is 0.325 e. The lowest BCUT2D eigenvalue weighted by Gasteiger charge is -2.34. The molecule has 0 unspecified atom stereocenters. The van der Waals surface area contributed by atoms with Gasteiger partial charge in [-0.05, 0) is 20.8 Å². The fourth-order valence-corrected chi connectivity index (χ4v) is 2.46. The quantitative estimate of drug-likeness (QED) is 0.673. The molecule has 2 saturated heterocycles. The van der Waals surface area contributed by atoms with E-state index >= 15 is 0 Å². The van der Waals surface area contributed by atoms with E-state index in [1.165, 1.54) is 4.90 Å². The van der Waals surface area contributed by atoms with Gasteiger partial charge in [-0.2, -0.15) is 0 Å². The zero-order valence-electron chi connectivity index (χ0n) is 11.3. The van der Waals surface area contributed by atoms with Crippen LogP contribution in [-0.2, 0) is 4.79 Å². The molecular weight excluding hydrogens is 232 g/mol. The molecule has 2 heterocycles. The number of piperazine rings is 1. The first-order chi connectivity index (χ1) is 8.42. The molecule has 6 nitrogen and oxygen atoms in total. The number of urea groups is 1. The van der Waals surface area contributed by atoms with Crippen molar-refractivity contribution in [1.82, 2.24) is 20.4 Å². The predicted octanol–water partition coefficient (Wildman–Crippen LogP) is -0.389. The standard InChI is InChI=1S/C12H22N4O2/c1-9-8-13-4-5-15(9)6-7-16-10(17)12(2,3)14-11(16)18/h9,13H,4-8H2,1-3H3,(H,14,18)/t9-/m0/s1. The van der Waals surface area contributed by atoms with Gasteiger partial charge in [-0.25, -0.2) is 4.79 Å². The molecule has 0 aromatic rings. The number of hydrogen-bond acceptors (Lipinski definition) is 4. The van der Waals surface area contributed by atoms with Gasteiger partial charge < -0.3 is 10.6 Å². The number of rotatable bonds is 3. The summed E-state index contributed by atoms with van der Waals surface area (Å²) in [6, 6.07) is 0.181. The SMILES string of the molecule is C[C@H]1CNCCN1CCN1C(=O)NC(C)(C)C1=O. The molecule has 102 valence electrons. The van der Waals surface area contributed by atoms with E-state index in [9.17, 15) is 9.59 Å². The maximum atomic E-state index is 12.0. The Morgan fingerprint density at radius 1 is 1.33 bits per heavy atom. The molecular formula is C12H22N4O2. The average Bonchev–Trinajstić information content (AvgIpc) is 2.49. The topological polar surface area (TPSA) is 64.7 Å². The van der Waals surface area contributed by atoms with E-state index in [4.69, 9.17) is 0 Å². The lowest BCUT2D eigenvalue weighted by Crippen LogP contribution is -2.52. The van der Waals surface area contributed by atoms with Crippen molar-refractivity contribution in [2.45, 2.75) is 32.4 Å². The largest absolute Gasteiger partial charge is 0.325 e. The molecule has 0 aromatic carbocycles. The Hall–Kier alpha value is -1.14. The Morgan fingerprint density at radius 2 is 2.06 bits per heavy atom. The van der Waals surface area contributed by atoms with E-state index in [1.807, 2.05) is 0 Å². The third-order valence-corrected chi connectivity index (χ3v) is 3.69. The molecule has 0 aliphatic carbocycles. The Bertz CT molecular complexity index is 356. The van der Waals surface area contributed by atoms with E-state index in [2.05, 4.69) is 22.5 Å². The normalized spacial score (nSPS) is 28.6. The zero-order chi connectivity index (χ0) is 13.3. The Balaban J connectivity index is 1.90. The van der Waals surface area contributed by atoms with Crippen LogP contribution in [0.5, 0.6) is 0 Å². The Morgan fingerprint density at radius 3 is 2.61 bits per heavy atom. The van der Waals surface area contributed by atoms with Gasteiger partial charge in [0, 0.05) is 38.8 Å². The first kappa shape index (κ1) is 13.3. The Labute approximate surface area is 108 Å². The van der Waals surface area contributed by atoms with Crippen LogP contribution in [0.15, 0.2) is 0 Å². The lowest BCUT2D eigenvalue weighted by molar-refractivity contribution is -0.130. The summed E-state index contributed by atoms with van der Waals surface area (Å²) in [4.78, 5) is 27.4. The van der Waals surface area contributed by atoms with Crippen LogP contribution in [0.2, 0.25) is 0 Å². The highest BCUT2D eigenvalue weighted by molar-refractivity contribution is 6.06. The second-order valence-electron chi connectivity index (χ2n) is 5.60. The smallest absolute Gasteiger partial charge is 0.324 e. The van der Waals surface area contributed by atoms with Gasteiger partial charge in [0.15, 0.2) is 0 Å². The molecule has 0 bridgehead atoms. The summed E-state index contributed by atoms with van der Waals surface area (Å²) >= 11 is 0. The second kappa shape index (κ2) is 4.85. The molecule has 1 atom stereocenters. The number of carbonyl (C=O) groups is 2. The van der Waals surface area contributed by atoms with Crippen LogP contribution in [0.1, 0.15) is 20.8 Å². The van der Waals surface area contributed by atoms with Crippen LogP contribution in [0, 0.1) is 0 Å². The summed E-state index contributed by atoms with van der Waals surface area (Å²) in [6.07, 6.45) is 0. The van der Waals surface area contributed by atoms with Gasteiger partial charge >= 0.3 is 6.03 Å². The molecule has 6 heteroatoms. The first-order valence-corrected chi connectivity index (χ1v) is 6.51. The molecule has 18 heavy (non-hydrogen) atoms. The van der Waals surface area contributed by atoms with Crippen molar-refractivity contribution in [3.63, 3.8) is 0 Å². The summed E-state index contributed by atoms with van der Waals surface area (Å²) < 4.78 is 0. The highest BCUT2D eigenvalue weighted by atomic mass is 16.2. The van der Waals surface area contributed by atoms with E-state index in [1.54, 1.807) is 13.8 Å². The third-order valence-electron chi connectivity index (χ3n) is 3.69. The van der Waals surface area contributed by atoms with Gasteiger partial charge in [0.25, 0.3) is 5.91 Å². The number of carbonyl (C=O) groups excluding carboxylic acids is 2. The van der Waals surface area contributed by atoms with E-state index in [0.717, 1.165) is 26.2 Å². The minimum atomic E-state index is -0.758. The molecule has 2 rings (SSSR count). The molecule has 0 aromatic heterocycles. The molecule has 0 radical (unpaired) electrons. The van der Waals surface area contributed by atoms with Crippen LogP contribution >= 0.6 is 0 Å². The summed E-state index contributed by atoms with van der Waals surface area (Å²) in [7, 11) is 0. The molecule has 0 saturated carbocycles. The summed E-state index contributed by atoms with van der Waals surface area (Å²) in [5, 5.41) is 6.02. The van der Waals surface area contributed by atoms with Crippen molar-refractivity contribution >= 4 is 11.9 Å². The number of imide groups is 1. The average molecular weight is 254 g/mol. The summed E-state index contributed by atoms with van der Waals surface area (Å²) in [6.45, 7) is 9.75. The fraction of sp³-hybridized carbons (Fsp3) is 0.833. The minimum Gasteiger partial charge on any atom is -0.324 e. The molecule has 3 amide bonds. The molecule has 2 N–H and O–H groups in total. The highest BCUT2D eigenvalue weighted by Gasteiger charge is 2.44. The minimum absolute atomic E-state index is 0.129. The van der Waals surface area contributed by atoms with Gasteiger partial charge in [-0.15, -0.1) is 0 Å². The van der Waals surface area contributed by atoms with Crippen molar-refractivity contribution in [2.24, 2.45) is 0 Å². The molecule has 2 aliphatic heterocycles. The van der Waals surface area contributed by atoms with Gasteiger partial charge in [0.05, 0.1) is 0 Å². The van der Waals surface area contributed by atoms with Crippen molar-refractivity contribution in [3.05, 3.63) is 0 Å². The molecule has 2 fully saturated rings. The number of nitrogens with zero attached hydrogens (tertiary/aromatic N) is 2. The maximum absolute atomic E-state index is 12.0. The van der Waals surface area contributed by atoms with Crippen LogP contribution in [0.25, 0.3) is 0 Å². The van der Waals surface area contributed by atoms with Gasteiger partial charge in [-0.3, -0.25) is 14.6 Å². The monoisotopic (exact) mass is 254 g/mol. The number of hydrogen-bond donors (Lipinski definition) is 2. The van der Waals surface area contributed by atoms with Gasteiger partial charge in [0.1, 0.15) is 5.54 Å². The second-order valence-corrected chi connectivity index (χ2v) is 5.60. The zero-order valence-corrected chi connectivity index (χ0v) is 11.3. The lowest BCUT2D eigenvalue weighted by atomic mass is 10.1. The molecule has 0 spiro atoms. The van der Waals surface area contributed by atoms with E-state index in [-0.39, 0.29) is 11.9 Å². The van der Waals surface area contributed by atoms with E-state index < -0.39 is 5.54 Å². The van der Waals surface area contributed by atoms with Crippen molar-refractivity contribution in [2.75, 3.05) is 32.7 Å². The third kappa shape index (κ3) is 2.49. The number of amides is 3. The van der Waals surface area contributed by atoms with Gasteiger partial charge in [-0.1, -0.05) is 0 Å². The van der Waals surface area contributed by atoms with Crippen LogP contribution in [0.3, 0.4) is 0 Å². The number of nitrogens with one attached hydrogen (secondary N) is 2. The van der Waals surface area contributed by atoms with Crippen molar-refractivity contribution in [1.29, 1.82) is 0 Å². The van der Waals surface area contributed by atoms with Crippen LogP contribution in [-0.4, -0.2) is 66.0 Å². The first-order valence-electron chi connectivity index (χ1n) is 6.51.